The fraction of sp³-hybridized carbons (Fsp3) is 0.240. The zero-order valence-corrected chi connectivity index (χ0v) is 18.1. The van der Waals surface area contributed by atoms with Gasteiger partial charge in [-0.15, -0.1) is 0 Å². The lowest BCUT2D eigenvalue weighted by Crippen LogP contribution is -2.42. The largest absolute Gasteiger partial charge is 0.494 e. The molecule has 0 atom stereocenters. The van der Waals surface area contributed by atoms with Crippen LogP contribution in [0.15, 0.2) is 79.0 Å². The smallest absolute Gasteiger partial charge is 0.325 e. The van der Waals surface area contributed by atoms with Crippen molar-refractivity contribution in [3.63, 3.8) is 0 Å². The molecule has 3 aromatic rings. The van der Waals surface area contributed by atoms with Crippen LogP contribution < -0.4 is 14.5 Å². The van der Waals surface area contributed by atoms with Crippen molar-refractivity contribution in [3.8, 4) is 5.75 Å². The number of ether oxygens (including phenoxy) is 1. The van der Waals surface area contributed by atoms with Gasteiger partial charge in [-0.1, -0.05) is 36.4 Å². The molecule has 2 aromatic carbocycles. The van der Waals surface area contributed by atoms with E-state index in [4.69, 9.17) is 4.74 Å². The number of aromatic nitrogens is 1. The minimum atomic E-state index is -0.178. The first-order chi connectivity index (χ1) is 15.7. The van der Waals surface area contributed by atoms with E-state index in [0.29, 0.717) is 32.1 Å². The Kier molecular flexibility index (Phi) is 6.65. The second-order valence-corrected chi connectivity index (χ2v) is 7.44. The zero-order valence-electron chi connectivity index (χ0n) is 18.1. The van der Waals surface area contributed by atoms with Gasteiger partial charge in [-0.25, -0.2) is 9.78 Å². The van der Waals surface area contributed by atoms with Crippen molar-refractivity contribution < 1.29 is 14.3 Å². The van der Waals surface area contributed by atoms with Gasteiger partial charge in [0.1, 0.15) is 18.1 Å². The zero-order chi connectivity index (χ0) is 22.3. The number of benzene rings is 2. The van der Waals surface area contributed by atoms with Crippen LogP contribution in [0, 0.1) is 0 Å². The number of nitrogens with zero attached hydrogens (tertiary/aromatic N) is 4. The summed E-state index contributed by atoms with van der Waals surface area (Å²) in [6.45, 7) is 3.92. The number of pyridine rings is 1. The Bertz CT molecular complexity index is 1040. The SMILES string of the molecule is CCOc1ccc(N2CCN(CC(=O)N(Cc3ccccc3)c3ccccn3)C2=O)cc1. The highest BCUT2D eigenvalue weighted by atomic mass is 16.5. The van der Waals surface area contributed by atoms with Crippen molar-refractivity contribution in [2.45, 2.75) is 13.5 Å². The Morgan fingerprint density at radius 1 is 1.00 bits per heavy atom. The van der Waals surface area contributed by atoms with Gasteiger partial charge < -0.3 is 9.64 Å². The van der Waals surface area contributed by atoms with Gasteiger partial charge in [-0.2, -0.15) is 0 Å². The Morgan fingerprint density at radius 2 is 1.75 bits per heavy atom. The number of carbonyl (C=O) groups is 2. The van der Waals surface area contributed by atoms with Crippen molar-refractivity contribution in [3.05, 3.63) is 84.6 Å². The molecular formula is C25H26N4O3. The van der Waals surface area contributed by atoms with Crippen LogP contribution in [0.25, 0.3) is 0 Å². The molecule has 1 saturated heterocycles. The molecule has 1 fully saturated rings. The Balaban J connectivity index is 1.46. The molecule has 0 saturated carbocycles. The summed E-state index contributed by atoms with van der Waals surface area (Å²) < 4.78 is 5.47. The quantitative estimate of drug-likeness (QED) is 0.543. The highest BCUT2D eigenvalue weighted by Gasteiger charge is 2.32. The van der Waals surface area contributed by atoms with Gasteiger partial charge in [-0.3, -0.25) is 14.6 Å². The molecule has 0 radical (unpaired) electrons. The summed E-state index contributed by atoms with van der Waals surface area (Å²) in [6, 6.07) is 22.5. The second kappa shape index (κ2) is 9.96. The van der Waals surface area contributed by atoms with Crippen LogP contribution in [0.2, 0.25) is 0 Å². The van der Waals surface area contributed by atoms with Crippen molar-refractivity contribution in [2.75, 3.05) is 36.0 Å². The van der Waals surface area contributed by atoms with Gasteiger partial charge >= 0.3 is 6.03 Å². The molecule has 164 valence electrons. The third kappa shape index (κ3) is 4.88. The minimum absolute atomic E-state index is 0.00420. The molecule has 1 aliphatic rings. The summed E-state index contributed by atoms with van der Waals surface area (Å²) in [7, 11) is 0. The van der Waals surface area contributed by atoms with Crippen molar-refractivity contribution in [2.24, 2.45) is 0 Å². The monoisotopic (exact) mass is 430 g/mol. The molecule has 0 N–H and O–H groups in total. The average Bonchev–Trinajstić information content (AvgIpc) is 3.19. The molecule has 7 nitrogen and oxygen atoms in total. The van der Waals surface area contributed by atoms with Crippen LogP contribution in [0.1, 0.15) is 12.5 Å². The van der Waals surface area contributed by atoms with Crippen molar-refractivity contribution >= 4 is 23.4 Å². The molecule has 1 aromatic heterocycles. The number of amides is 3. The molecule has 1 aliphatic heterocycles. The van der Waals surface area contributed by atoms with Crippen LogP contribution in [0.4, 0.5) is 16.3 Å². The Labute approximate surface area is 187 Å². The molecule has 0 bridgehead atoms. The van der Waals surface area contributed by atoms with E-state index in [1.54, 1.807) is 27.0 Å². The summed E-state index contributed by atoms with van der Waals surface area (Å²) in [4.78, 5) is 35.5. The van der Waals surface area contributed by atoms with Crippen LogP contribution in [-0.4, -0.2) is 48.1 Å². The van der Waals surface area contributed by atoms with Crippen molar-refractivity contribution in [1.29, 1.82) is 0 Å². The molecule has 3 amide bonds. The van der Waals surface area contributed by atoms with Gasteiger partial charge in [0, 0.05) is 25.0 Å². The molecule has 0 aliphatic carbocycles. The third-order valence-electron chi connectivity index (χ3n) is 5.29. The number of anilines is 2. The Hall–Kier alpha value is -3.87. The fourth-order valence-electron chi connectivity index (χ4n) is 3.68. The first kappa shape index (κ1) is 21.4. The van der Waals surface area contributed by atoms with E-state index in [9.17, 15) is 9.59 Å². The van der Waals surface area contributed by atoms with Crippen LogP contribution in [0.5, 0.6) is 5.75 Å². The highest BCUT2D eigenvalue weighted by molar-refractivity contribution is 6.00. The van der Waals surface area contributed by atoms with Gasteiger partial charge in [0.2, 0.25) is 5.91 Å². The maximum Gasteiger partial charge on any atom is 0.325 e. The van der Waals surface area contributed by atoms with E-state index in [1.165, 1.54) is 0 Å². The molecule has 2 heterocycles. The predicted molar refractivity (Wildman–Crippen MR) is 124 cm³/mol. The molecule has 32 heavy (non-hydrogen) atoms. The normalized spacial score (nSPS) is 13.3. The summed E-state index contributed by atoms with van der Waals surface area (Å²) in [5, 5.41) is 0. The number of hydrogen-bond acceptors (Lipinski definition) is 4. The number of hydrogen-bond donors (Lipinski definition) is 0. The van der Waals surface area contributed by atoms with Gasteiger partial charge in [0.25, 0.3) is 0 Å². The maximum atomic E-state index is 13.3. The summed E-state index contributed by atoms with van der Waals surface area (Å²) in [5.41, 5.74) is 1.79. The van der Waals surface area contributed by atoms with Gasteiger partial charge in [-0.05, 0) is 48.9 Å². The lowest BCUT2D eigenvalue weighted by molar-refractivity contribution is -0.119. The van der Waals surface area contributed by atoms with E-state index in [2.05, 4.69) is 4.98 Å². The molecule has 7 heteroatoms. The lowest BCUT2D eigenvalue weighted by atomic mass is 10.2. The number of urea groups is 1. The maximum absolute atomic E-state index is 13.3. The molecular weight excluding hydrogens is 404 g/mol. The van der Waals surface area contributed by atoms with Crippen molar-refractivity contribution in [1.82, 2.24) is 9.88 Å². The standard InChI is InChI=1S/C25H26N4O3/c1-2-32-22-13-11-21(12-14-22)28-17-16-27(25(28)31)19-24(30)29(23-10-6-7-15-26-23)18-20-8-4-3-5-9-20/h3-15H,2,16-19H2,1H3. The van der Waals surface area contributed by atoms with Crippen LogP contribution >= 0.6 is 0 Å². The molecule has 0 spiro atoms. The summed E-state index contributed by atoms with van der Waals surface area (Å²) in [5.74, 6) is 1.16. The summed E-state index contributed by atoms with van der Waals surface area (Å²) >= 11 is 0. The van der Waals surface area contributed by atoms with E-state index in [-0.39, 0.29) is 18.5 Å². The Morgan fingerprint density at radius 3 is 2.44 bits per heavy atom. The molecule has 4 rings (SSSR count). The molecule has 0 unspecified atom stereocenters. The third-order valence-corrected chi connectivity index (χ3v) is 5.29. The minimum Gasteiger partial charge on any atom is -0.494 e. The average molecular weight is 431 g/mol. The first-order valence-corrected chi connectivity index (χ1v) is 10.7. The van der Waals surface area contributed by atoms with Gasteiger partial charge in [0.15, 0.2) is 0 Å². The predicted octanol–water partition coefficient (Wildman–Crippen LogP) is 3.96. The van der Waals surface area contributed by atoms with E-state index in [1.807, 2.05) is 73.7 Å². The van der Waals surface area contributed by atoms with E-state index >= 15 is 0 Å². The van der Waals surface area contributed by atoms with E-state index in [0.717, 1.165) is 17.0 Å². The van der Waals surface area contributed by atoms with E-state index < -0.39 is 0 Å². The highest BCUT2D eigenvalue weighted by Crippen LogP contribution is 2.24. The number of carbonyl (C=O) groups excluding carboxylic acids is 2. The topological polar surface area (TPSA) is 66.0 Å². The van der Waals surface area contributed by atoms with Crippen LogP contribution in [-0.2, 0) is 11.3 Å². The number of rotatable bonds is 8. The van der Waals surface area contributed by atoms with Gasteiger partial charge in [0.05, 0.1) is 13.2 Å². The summed E-state index contributed by atoms with van der Waals surface area (Å²) in [6.07, 6.45) is 1.66. The second-order valence-electron chi connectivity index (χ2n) is 7.44. The fourth-order valence-corrected chi connectivity index (χ4v) is 3.68. The lowest BCUT2D eigenvalue weighted by Gasteiger charge is -2.25. The van der Waals surface area contributed by atoms with Crippen LogP contribution in [0.3, 0.4) is 0 Å². The first-order valence-electron chi connectivity index (χ1n) is 10.7.